The molecule has 202 valence electrons. The van der Waals surface area contributed by atoms with Gasteiger partial charge >= 0.3 is 0 Å². The van der Waals surface area contributed by atoms with Crippen molar-refractivity contribution in [3.05, 3.63) is 84.3 Å². The number of aromatic amines is 1. The molecule has 0 bridgehead atoms. The Morgan fingerprint density at radius 3 is 2.41 bits per heavy atom. The molecule has 2 heterocycles. The summed E-state index contributed by atoms with van der Waals surface area (Å²) in [4.78, 5) is 52.9. The van der Waals surface area contributed by atoms with Gasteiger partial charge in [0.2, 0.25) is 5.91 Å². The second-order valence-corrected chi connectivity index (χ2v) is 9.57. The SMILES string of the molecule is CC(=O)CCCCC[C@H](NC(=O)C(=O)c1ccco1)C(=O)NCCc1c(-c2ccccc2)[nH]c2ccccc12. The number of benzene rings is 2. The van der Waals surface area contributed by atoms with Crippen LogP contribution >= 0.6 is 0 Å². The third kappa shape index (κ3) is 7.31. The molecule has 0 radical (unpaired) electrons. The van der Waals surface area contributed by atoms with Crippen LogP contribution in [0.15, 0.2) is 77.4 Å². The number of carbonyl (C=O) groups is 4. The zero-order valence-electron chi connectivity index (χ0n) is 22.0. The van der Waals surface area contributed by atoms with Crippen LogP contribution in [-0.2, 0) is 20.8 Å². The molecular formula is C31H33N3O5. The molecule has 0 saturated heterocycles. The van der Waals surface area contributed by atoms with Crippen molar-refractivity contribution in [2.45, 2.75) is 51.5 Å². The van der Waals surface area contributed by atoms with E-state index < -0.39 is 17.7 Å². The van der Waals surface area contributed by atoms with E-state index in [2.05, 4.69) is 21.7 Å². The molecule has 2 aromatic heterocycles. The molecule has 4 rings (SSSR count). The van der Waals surface area contributed by atoms with Crippen LogP contribution in [0.3, 0.4) is 0 Å². The van der Waals surface area contributed by atoms with Crippen molar-refractivity contribution in [2.75, 3.05) is 6.54 Å². The molecule has 0 aliphatic rings. The lowest BCUT2D eigenvalue weighted by atomic mass is 10.0. The number of ketones is 2. The molecule has 4 aromatic rings. The first kappa shape index (κ1) is 27.6. The number of furan rings is 1. The van der Waals surface area contributed by atoms with Crippen LogP contribution in [0.1, 0.15) is 55.1 Å². The number of hydrogen-bond donors (Lipinski definition) is 3. The molecule has 8 nitrogen and oxygen atoms in total. The van der Waals surface area contributed by atoms with Gasteiger partial charge in [0.15, 0.2) is 5.76 Å². The highest BCUT2D eigenvalue weighted by Crippen LogP contribution is 2.30. The summed E-state index contributed by atoms with van der Waals surface area (Å²) in [5.74, 6) is -2.05. The van der Waals surface area contributed by atoms with Crippen molar-refractivity contribution in [3.8, 4) is 11.3 Å². The van der Waals surface area contributed by atoms with Gasteiger partial charge in [0.05, 0.1) is 6.26 Å². The van der Waals surface area contributed by atoms with Crippen molar-refractivity contribution in [1.29, 1.82) is 0 Å². The predicted octanol–water partition coefficient (Wildman–Crippen LogP) is 4.99. The van der Waals surface area contributed by atoms with Gasteiger partial charge in [-0.1, -0.05) is 61.4 Å². The number of H-pyrrole nitrogens is 1. The number of aromatic nitrogens is 1. The van der Waals surface area contributed by atoms with E-state index in [0.717, 1.165) is 34.1 Å². The van der Waals surface area contributed by atoms with E-state index in [9.17, 15) is 19.2 Å². The lowest BCUT2D eigenvalue weighted by Crippen LogP contribution is -2.49. The monoisotopic (exact) mass is 527 g/mol. The van der Waals surface area contributed by atoms with Crippen molar-refractivity contribution in [2.24, 2.45) is 0 Å². The number of fused-ring (bicyclic) bond motifs is 1. The minimum absolute atomic E-state index is 0.0825. The highest BCUT2D eigenvalue weighted by Gasteiger charge is 2.26. The first-order valence-electron chi connectivity index (χ1n) is 13.2. The van der Waals surface area contributed by atoms with E-state index in [1.165, 1.54) is 18.4 Å². The number of amides is 2. The molecule has 8 heteroatoms. The smallest absolute Gasteiger partial charge is 0.296 e. The summed E-state index contributed by atoms with van der Waals surface area (Å²) in [6, 6.07) is 20.1. The number of rotatable bonds is 14. The maximum atomic E-state index is 13.2. The largest absolute Gasteiger partial charge is 0.461 e. The Bertz CT molecular complexity index is 1420. The Morgan fingerprint density at radius 2 is 1.67 bits per heavy atom. The molecule has 2 amide bonds. The standard InChI is InChI=1S/C31H33N3O5/c1-21(35)11-4-2-7-16-26(34-31(38)29(36)27-17-10-20-39-27)30(37)32-19-18-24-23-14-8-9-15-25(23)33-28(24)22-12-5-3-6-13-22/h3,5-6,8-10,12-15,17,20,26,33H,2,4,7,11,16,18-19H2,1H3,(H,32,37)(H,34,38)/t26-/m0/s1. The maximum absolute atomic E-state index is 13.2. The number of Topliss-reactive ketones (excluding diaryl/α,β-unsaturated/α-hetero) is 2. The summed E-state index contributed by atoms with van der Waals surface area (Å²) in [6.07, 6.45) is 4.80. The molecule has 0 saturated carbocycles. The second kappa shape index (κ2) is 13.4. The van der Waals surface area contributed by atoms with E-state index in [1.54, 1.807) is 6.92 Å². The van der Waals surface area contributed by atoms with Crippen molar-refractivity contribution < 1.29 is 23.6 Å². The summed E-state index contributed by atoms with van der Waals surface area (Å²) in [6.45, 7) is 1.90. The average molecular weight is 528 g/mol. The first-order valence-corrected chi connectivity index (χ1v) is 13.2. The van der Waals surface area contributed by atoms with Crippen LogP contribution in [0.5, 0.6) is 0 Å². The van der Waals surface area contributed by atoms with Gasteiger partial charge in [-0.15, -0.1) is 0 Å². The number of hydrogen-bond acceptors (Lipinski definition) is 5. The molecule has 39 heavy (non-hydrogen) atoms. The van der Waals surface area contributed by atoms with Gasteiger partial charge < -0.3 is 24.8 Å². The van der Waals surface area contributed by atoms with E-state index >= 15 is 0 Å². The fourth-order valence-corrected chi connectivity index (χ4v) is 4.66. The Kier molecular flexibility index (Phi) is 9.45. The number of para-hydroxylation sites is 1. The van der Waals surface area contributed by atoms with Crippen molar-refractivity contribution >= 4 is 34.3 Å². The molecule has 0 fully saturated rings. The Hall–Kier alpha value is -4.46. The van der Waals surface area contributed by atoms with Crippen LogP contribution in [0.2, 0.25) is 0 Å². The summed E-state index contributed by atoms with van der Waals surface area (Å²) in [7, 11) is 0. The minimum Gasteiger partial charge on any atom is -0.461 e. The van der Waals surface area contributed by atoms with Gasteiger partial charge in [-0.05, 0) is 55.5 Å². The number of unbranched alkanes of at least 4 members (excludes halogenated alkanes) is 2. The van der Waals surface area contributed by atoms with Crippen LogP contribution in [0.25, 0.3) is 22.2 Å². The normalized spacial score (nSPS) is 11.7. The number of carbonyl (C=O) groups excluding carboxylic acids is 4. The van der Waals surface area contributed by atoms with Crippen molar-refractivity contribution in [1.82, 2.24) is 15.6 Å². The lowest BCUT2D eigenvalue weighted by Gasteiger charge is -2.18. The summed E-state index contributed by atoms with van der Waals surface area (Å²) >= 11 is 0. The third-order valence-corrected chi connectivity index (χ3v) is 6.64. The zero-order valence-corrected chi connectivity index (χ0v) is 22.0. The highest BCUT2D eigenvalue weighted by atomic mass is 16.3. The summed E-state index contributed by atoms with van der Waals surface area (Å²) in [5, 5.41) is 6.62. The van der Waals surface area contributed by atoms with Gasteiger partial charge in [-0.2, -0.15) is 0 Å². The molecule has 0 spiro atoms. The van der Waals surface area contributed by atoms with Crippen molar-refractivity contribution in [3.63, 3.8) is 0 Å². The topological polar surface area (TPSA) is 121 Å². The summed E-state index contributed by atoms with van der Waals surface area (Å²) in [5.41, 5.74) is 4.17. The lowest BCUT2D eigenvalue weighted by molar-refractivity contribution is -0.127. The maximum Gasteiger partial charge on any atom is 0.296 e. The summed E-state index contributed by atoms with van der Waals surface area (Å²) < 4.78 is 5.04. The molecule has 0 aliphatic heterocycles. The molecular weight excluding hydrogens is 494 g/mol. The molecule has 1 atom stereocenters. The predicted molar refractivity (Wildman–Crippen MR) is 149 cm³/mol. The van der Waals surface area contributed by atoms with Gasteiger partial charge in [-0.3, -0.25) is 14.4 Å². The Balaban J connectivity index is 1.43. The Morgan fingerprint density at radius 1 is 0.897 bits per heavy atom. The fraction of sp³-hybridized carbons (Fsp3) is 0.290. The van der Waals surface area contributed by atoms with Gasteiger partial charge in [0, 0.05) is 29.6 Å². The van der Waals surface area contributed by atoms with E-state index in [4.69, 9.17) is 4.42 Å². The van der Waals surface area contributed by atoms with Crippen LogP contribution in [-0.4, -0.2) is 41.0 Å². The quantitative estimate of drug-likeness (QED) is 0.121. The van der Waals surface area contributed by atoms with E-state index in [1.807, 2.05) is 48.5 Å². The van der Waals surface area contributed by atoms with Crippen LogP contribution in [0.4, 0.5) is 0 Å². The molecule has 3 N–H and O–H groups in total. The molecule has 2 aromatic carbocycles. The number of nitrogens with one attached hydrogen (secondary N) is 3. The van der Waals surface area contributed by atoms with Crippen LogP contribution < -0.4 is 10.6 Å². The fourth-order valence-electron chi connectivity index (χ4n) is 4.66. The van der Waals surface area contributed by atoms with Gasteiger partial charge in [0.25, 0.3) is 11.7 Å². The zero-order chi connectivity index (χ0) is 27.6. The van der Waals surface area contributed by atoms with Gasteiger partial charge in [0.1, 0.15) is 11.8 Å². The average Bonchev–Trinajstić information content (AvgIpc) is 3.61. The minimum atomic E-state index is -0.892. The van der Waals surface area contributed by atoms with Gasteiger partial charge in [-0.25, -0.2) is 0 Å². The van der Waals surface area contributed by atoms with E-state index in [-0.39, 0.29) is 17.5 Å². The van der Waals surface area contributed by atoms with Crippen LogP contribution in [0, 0.1) is 0 Å². The molecule has 0 aliphatic carbocycles. The van der Waals surface area contributed by atoms with E-state index in [0.29, 0.717) is 38.6 Å². The second-order valence-electron chi connectivity index (χ2n) is 9.57. The third-order valence-electron chi connectivity index (χ3n) is 6.64. The molecule has 0 unspecified atom stereocenters. The Labute approximate surface area is 227 Å². The first-order chi connectivity index (χ1) is 18.9. The highest BCUT2D eigenvalue weighted by molar-refractivity contribution is 6.42.